The molecule has 2 nitrogen and oxygen atoms in total. The van der Waals surface area contributed by atoms with Gasteiger partial charge in [0, 0.05) is 17.9 Å². The maximum atomic E-state index is 13.0. The predicted octanol–water partition coefficient (Wildman–Crippen LogP) is 5.18. The van der Waals surface area contributed by atoms with Gasteiger partial charge in [-0.25, -0.2) is 0 Å². The second-order valence-electron chi connectivity index (χ2n) is 7.46. The zero-order valence-electron chi connectivity index (χ0n) is 14.9. The molecule has 1 unspecified atom stereocenters. The van der Waals surface area contributed by atoms with Gasteiger partial charge in [0.05, 0.1) is 0 Å². The minimum absolute atomic E-state index is 0.107. The molecule has 24 heavy (non-hydrogen) atoms. The van der Waals surface area contributed by atoms with Crippen LogP contribution < -0.4 is 0 Å². The lowest BCUT2D eigenvalue weighted by molar-refractivity contribution is 0.0760. The smallest absolute Gasteiger partial charge is 0.255 e. The Kier molecular flexibility index (Phi) is 4.73. The molecule has 2 aromatic rings. The van der Waals surface area contributed by atoms with Crippen LogP contribution in [0.15, 0.2) is 48.5 Å². The first kappa shape index (κ1) is 17.1. The van der Waals surface area contributed by atoms with Crippen LogP contribution >= 0.6 is 11.8 Å². The van der Waals surface area contributed by atoms with Crippen molar-refractivity contribution < 1.29 is 4.79 Å². The van der Waals surface area contributed by atoms with Crippen LogP contribution in [0.5, 0.6) is 0 Å². The van der Waals surface area contributed by atoms with Gasteiger partial charge in [-0.2, -0.15) is 0 Å². The zero-order valence-corrected chi connectivity index (χ0v) is 15.7. The van der Waals surface area contributed by atoms with E-state index in [1.54, 1.807) is 0 Å². The van der Waals surface area contributed by atoms with E-state index in [-0.39, 0.29) is 16.7 Å². The standard InChI is InChI=1S/C21H25NOS/c1-15-5-7-17(8-6-15)20-22(13-14-24-20)19(23)16-9-11-18(12-10-16)21(2,3)4/h5-12,20H,13-14H2,1-4H3. The van der Waals surface area contributed by atoms with Gasteiger partial charge in [0.2, 0.25) is 0 Å². The van der Waals surface area contributed by atoms with E-state index < -0.39 is 0 Å². The van der Waals surface area contributed by atoms with Crippen molar-refractivity contribution in [1.82, 2.24) is 4.90 Å². The van der Waals surface area contributed by atoms with Crippen molar-refractivity contribution in [2.24, 2.45) is 0 Å². The molecule has 1 amide bonds. The first-order valence-electron chi connectivity index (χ1n) is 8.46. The summed E-state index contributed by atoms with van der Waals surface area (Å²) in [6, 6.07) is 16.6. The molecule has 0 spiro atoms. The molecule has 3 heteroatoms. The molecule has 0 radical (unpaired) electrons. The van der Waals surface area contributed by atoms with Gasteiger partial charge >= 0.3 is 0 Å². The summed E-state index contributed by atoms with van der Waals surface area (Å²) in [5, 5.41) is 0.125. The molecule has 0 aromatic heterocycles. The predicted molar refractivity (Wildman–Crippen MR) is 103 cm³/mol. The average molecular weight is 340 g/mol. The van der Waals surface area contributed by atoms with Crippen LogP contribution in [0.2, 0.25) is 0 Å². The van der Waals surface area contributed by atoms with Gasteiger partial charge in [-0.1, -0.05) is 62.7 Å². The minimum Gasteiger partial charge on any atom is -0.322 e. The summed E-state index contributed by atoms with van der Waals surface area (Å²) in [6.07, 6.45) is 0. The molecule has 0 N–H and O–H groups in total. The largest absolute Gasteiger partial charge is 0.322 e. The summed E-state index contributed by atoms with van der Waals surface area (Å²) < 4.78 is 0. The number of rotatable bonds is 2. The molecule has 1 atom stereocenters. The molecule has 0 aliphatic carbocycles. The van der Waals surface area contributed by atoms with Gasteiger partial charge in [-0.15, -0.1) is 11.8 Å². The summed E-state index contributed by atoms with van der Waals surface area (Å²) in [4.78, 5) is 15.0. The van der Waals surface area contributed by atoms with Gasteiger partial charge in [0.1, 0.15) is 5.37 Å². The van der Waals surface area contributed by atoms with E-state index >= 15 is 0 Å². The van der Waals surface area contributed by atoms with Gasteiger partial charge in [-0.3, -0.25) is 4.79 Å². The summed E-state index contributed by atoms with van der Waals surface area (Å²) in [5.41, 5.74) is 4.60. The second kappa shape index (κ2) is 6.64. The Morgan fingerprint density at radius 2 is 1.67 bits per heavy atom. The van der Waals surface area contributed by atoms with Crippen molar-refractivity contribution in [2.75, 3.05) is 12.3 Å². The van der Waals surface area contributed by atoms with Crippen molar-refractivity contribution >= 4 is 17.7 Å². The Morgan fingerprint density at radius 3 is 2.25 bits per heavy atom. The van der Waals surface area contributed by atoms with E-state index in [0.717, 1.165) is 17.9 Å². The number of hydrogen-bond donors (Lipinski definition) is 0. The van der Waals surface area contributed by atoms with Crippen LogP contribution in [0.25, 0.3) is 0 Å². The molecule has 0 saturated carbocycles. The van der Waals surface area contributed by atoms with E-state index in [1.165, 1.54) is 16.7 Å². The molecule has 1 aliphatic rings. The molecule has 0 bridgehead atoms. The number of carbonyl (C=O) groups is 1. The number of amides is 1. The average Bonchev–Trinajstić information content (AvgIpc) is 3.04. The highest BCUT2D eigenvalue weighted by atomic mass is 32.2. The molecule has 2 aromatic carbocycles. The number of aryl methyl sites for hydroxylation is 1. The molecular formula is C21H25NOS. The third-order valence-corrected chi connectivity index (χ3v) is 5.77. The van der Waals surface area contributed by atoms with Crippen LogP contribution in [-0.4, -0.2) is 23.1 Å². The fourth-order valence-electron chi connectivity index (χ4n) is 2.96. The topological polar surface area (TPSA) is 20.3 Å². The van der Waals surface area contributed by atoms with Gasteiger partial charge in [0.15, 0.2) is 0 Å². The fourth-order valence-corrected chi connectivity index (χ4v) is 4.22. The summed E-state index contributed by atoms with van der Waals surface area (Å²) in [5.74, 6) is 1.12. The van der Waals surface area contributed by atoms with Crippen LogP contribution in [0.1, 0.15) is 53.2 Å². The molecule has 1 saturated heterocycles. The van der Waals surface area contributed by atoms with Crippen molar-refractivity contribution in [2.45, 2.75) is 38.5 Å². The highest BCUT2D eigenvalue weighted by Gasteiger charge is 2.31. The quantitative estimate of drug-likeness (QED) is 0.751. The molecule has 1 aliphatic heterocycles. The lowest BCUT2D eigenvalue weighted by atomic mass is 9.86. The molecule has 126 valence electrons. The first-order valence-corrected chi connectivity index (χ1v) is 9.51. The summed E-state index contributed by atoms with van der Waals surface area (Å²) in [6.45, 7) is 9.46. The lowest BCUT2D eigenvalue weighted by Crippen LogP contribution is -2.30. The SMILES string of the molecule is Cc1ccc(C2SCCN2C(=O)c2ccc(C(C)(C)C)cc2)cc1. The van der Waals surface area contributed by atoms with Crippen LogP contribution in [-0.2, 0) is 5.41 Å². The molecule has 1 fully saturated rings. The number of carbonyl (C=O) groups excluding carboxylic acids is 1. The van der Waals surface area contributed by atoms with Gasteiger partial charge in [0.25, 0.3) is 5.91 Å². The molecule has 3 rings (SSSR count). The van der Waals surface area contributed by atoms with Crippen LogP contribution in [0.4, 0.5) is 0 Å². The lowest BCUT2D eigenvalue weighted by Gasteiger charge is -2.25. The number of thioether (sulfide) groups is 1. The maximum absolute atomic E-state index is 13.0. The third kappa shape index (κ3) is 3.51. The number of nitrogens with zero attached hydrogens (tertiary/aromatic N) is 1. The van der Waals surface area contributed by atoms with Crippen molar-refractivity contribution in [1.29, 1.82) is 0 Å². The van der Waals surface area contributed by atoms with Crippen molar-refractivity contribution in [3.05, 3.63) is 70.8 Å². The van der Waals surface area contributed by atoms with Crippen molar-refractivity contribution in [3.63, 3.8) is 0 Å². The van der Waals surface area contributed by atoms with Gasteiger partial charge in [-0.05, 0) is 35.6 Å². The molecular weight excluding hydrogens is 314 g/mol. The van der Waals surface area contributed by atoms with E-state index in [0.29, 0.717) is 0 Å². The fraction of sp³-hybridized carbons (Fsp3) is 0.381. The number of hydrogen-bond acceptors (Lipinski definition) is 2. The van der Waals surface area contributed by atoms with E-state index in [9.17, 15) is 4.79 Å². The van der Waals surface area contributed by atoms with Crippen LogP contribution in [0, 0.1) is 6.92 Å². The summed E-state index contributed by atoms with van der Waals surface area (Å²) in [7, 11) is 0. The summed E-state index contributed by atoms with van der Waals surface area (Å²) >= 11 is 1.84. The van der Waals surface area contributed by atoms with Crippen LogP contribution in [0.3, 0.4) is 0 Å². The van der Waals surface area contributed by atoms with E-state index in [4.69, 9.17) is 0 Å². The highest BCUT2D eigenvalue weighted by molar-refractivity contribution is 7.99. The Morgan fingerprint density at radius 1 is 1.04 bits per heavy atom. The third-order valence-electron chi connectivity index (χ3n) is 4.51. The zero-order chi connectivity index (χ0) is 17.3. The monoisotopic (exact) mass is 339 g/mol. The Balaban J connectivity index is 1.82. The first-order chi connectivity index (χ1) is 11.4. The maximum Gasteiger partial charge on any atom is 0.255 e. The van der Waals surface area contributed by atoms with Crippen molar-refractivity contribution in [3.8, 4) is 0 Å². The van der Waals surface area contributed by atoms with E-state index in [2.05, 4.69) is 64.1 Å². The minimum atomic E-state index is 0.107. The highest BCUT2D eigenvalue weighted by Crippen LogP contribution is 2.38. The second-order valence-corrected chi connectivity index (χ2v) is 8.65. The Hall–Kier alpha value is -1.74. The van der Waals surface area contributed by atoms with Gasteiger partial charge < -0.3 is 4.90 Å². The Bertz CT molecular complexity index is 713. The Labute approximate surface area is 149 Å². The van der Waals surface area contributed by atoms with E-state index in [1.807, 2.05) is 28.8 Å². The molecule has 1 heterocycles. The number of benzene rings is 2. The normalized spacial score (nSPS) is 18.0.